The molecule has 0 aliphatic rings. The summed E-state index contributed by atoms with van der Waals surface area (Å²) in [6.07, 6.45) is 0. The molecule has 0 aliphatic heterocycles. The van der Waals surface area contributed by atoms with E-state index in [9.17, 15) is 19.7 Å². The molecule has 23 heavy (non-hydrogen) atoms. The fourth-order valence-corrected chi connectivity index (χ4v) is 1.78. The number of hydrogen-bond acceptors (Lipinski definition) is 6. The lowest BCUT2D eigenvalue weighted by molar-refractivity contribution is -0.384. The van der Waals surface area contributed by atoms with E-state index >= 15 is 0 Å². The first-order valence-electron chi connectivity index (χ1n) is 6.53. The fourth-order valence-electron chi connectivity index (χ4n) is 1.78. The van der Waals surface area contributed by atoms with E-state index in [-0.39, 0.29) is 16.9 Å². The van der Waals surface area contributed by atoms with Gasteiger partial charge in [0.2, 0.25) is 0 Å². The third-order valence-electron chi connectivity index (χ3n) is 2.86. The number of nitrogens with two attached hydrogens (primary N) is 1. The highest BCUT2D eigenvalue weighted by molar-refractivity contribution is 5.98. The molecule has 0 spiro atoms. The molecular weight excluding hydrogens is 302 g/mol. The number of para-hydroxylation sites is 1. The lowest BCUT2D eigenvalue weighted by Gasteiger charge is -2.08. The lowest BCUT2D eigenvalue weighted by atomic mass is 10.1. The monoisotopic (exact) mass is 315 g/mol. The third kappa shape index (κ3) is 4.27. The molecule has 2 aromatic rings. The Morgan fingerprint density at radius 2 is 1.87 bits per heavy atom. The minimum atomic E-state index is -0.833. The molecule has 0 fully saturated rings. The van der Waals surface area contributed by atoms with E-state index in [0.717, 1.165) is 12.1 Å². The van der Waals surface area contributed by atoms with Crippen LogP contribution in [0.2, 0.25) is 0 Å². The maximum atomic E-state index is 11.9. The van der Waals surface area contributed by atoms with Crippen molar-refractivity contribution in [3.63, 3.8) is 0 Å². The van der Waals surface area contributed by atoms with Crippen molar-refractivity contribution in [1.29, 1.82) is 0 Å². The average molecular weight is 315 g/mol. The number of esters is 1. The summed E-state index contributed by atoms with van der Waals surface area (Å²) in [6.45, 7) is -0.496. The van der Waals surface area contributed by atoms with Gasteiger partial charge in [0, 0.05) is 17.8 Å². The van der Waals surface area contributed by atoms with Gasteiger partial charge in [0.05, 0.1) is 16.2 Å². The second kappa shape index (κ2) is 7.03. The summed E-state index contributed by atoms with van der Waals surface area (Å²) >= 11 is 0. The van der Waals surface area contributed by atoms with Crippen LogP contribution < -0.4 is 11.1 Å². The van der Waals surface area contributed by atoms with Gasteiger partial charge in [-0.2, -0.15) is 0 Å². The van der Waals surface area contributed by atoms with Gasteiger partial charge in [-0.1, -0.05) is 18.2 Å². The Labute approximate surface area is 131 Å². The summed E-state index contributed by atoms with van der Waals surface area (Å²) in [5, 5.41) is 13.2. The van der Waals surface area contributed by atoms with Crippen LogP contribution in [0.1, 0.15) is 10.4 Å². The lowest BCUT2D eigenvalue weighted by Crippen LogP contribution is -2.21. The van der Waals surface area contributed by atoms with E-state index in [2.05, 4.69) is 5.32 Å². The minimum Gasteiger partial charge on any atom is -0.452 e. The summed E-state index contributed by atoms with van der Waals surface area (Å²) in [4.78, 5) is 33.5. The quantitative estimate of drug-likeness (QED) is 0.376. The predicted molar refractivity (Wildman–Crippen MR) is 82.9 cm³/mol. The molecule has 2 aromatic carbocycles. The Morgan fingerprint density at radius 3 is 2.48 bits per heavy atom. The summed E-state index contributed by atoms with van der Waals surface area (Å²) in [5.74, 6) is -1.34. The zero-order valence-corrected chi connectivity index (χ0v) is 11.9. The Kier molecular flexibility index (Phi) is 4.88. The molecule has 0 atom stereocenters. The Morgan fingerprint density at radius 1 is 1.17 bits per heavy atom. The standard InChI is InChI=1S/C15H13N3O5/c16-13-8-11(18(21)22)6-7-12(13)15(20)23-9-14(19)17-10-4-2-1-3-5-10/h1-8H,9,16H2,(H,17,19). The molecule has 0 aromatic heterocycles. The molecule has 8 nitrogen and oxygen atoms in total. The number of carbonyl (C=O) groups excluding carboxylic acids is 2. The van der Waals surface area contributed by atoms with Crippen molar-refractivity contribution in [1.82, 2.24) is 0 Å². The SMILES string of the molecule is Nc1cc([N+](=O)[O-])ccc1C(=O)OCC(=O)Nc1ccccc1. The molecule has 0 radical (unpaired) electrons. The largest absolute Gasteiger partial charge is 0.452 e. The fraction of sp³-hybridized carbons (Fsp3) is 0.0667. The number of carbonyl (C=O) groups is 2. The van der Waals surface area contributed by atoms with Crippen molar-refractivity contribution in [2.75, 3.05) is 17.7 Å². The molecule has 0 aliphatic carbocycles. The van der Waals surface area contributed by atoms with Crippen molar-refractivity contribution in [2.24, 2.45) is 0 Å². The van der Waals surface area contributed by atoms with Gasteiger partial charge in [-0.3, -0.25) is 14.9 Å². The van der Waals surface area contributed by atoms with Crippen LogP contribution in [-0.2, 0) is 9.53 Å². The van der Waals surface area contributed by atoms with Crippen LogP contribution in [0, 0.1) is 10.1 Å². The van der Waals surface area contributed by atoms with E-state index in [1.54, 1.807) is 30.3 Å². The van der Waals surface area contributed by atoms with Gasteiger partial charge in [0.15, 0.2) is 6.61 Å². The van der Waals surface area contributed by atoms with Crippen molar-refractivity contribution in [2.45, 2.75) is 0 Å². The molecule has 0 saturated heterocycles. The molecule has 0 bridgehead atoms. The number of hydrogen-bond donors (Lipinski definition) is 2. The van der Waals surface area contributed by atoms with E-state index in [1.807, 2.05) is 0 Å². The van der Waals surface area contributed by atoms with E-state index in [0.29, 0.717) is 5.69 Å². The number of non-ortho nitro benzene ring substituents is 1. The number of nitro benzene ring substituents is 1. The van der Waals surface area contributed by atoms with Crippen LogP contribution in [0.25, 0.3) is 0 Å². The summed E-state index contributed by atoms with van der Waals surface area (Å²) in [6, 6.07) is 12.1. The van der Waals surface area contributed by atoms with Gasteiger partial charge in [0.25, 0.3) is 11.6 Å². The number of nitrogens with zero attached hydrogens (tertiary/aromatic N) is 1. The van der Waals surface area contributed by atoms with E-state index in [4.69, 9.17) is 10.5 Å². The molecule has 118 valence electrons. The second-order valence-corrected chi connectivity index (χ2v) is 4.52. The number of rotatable bonds is 5. The van der Waals surface area contributed by atoms with Crippen LogP contribution in [0.3, 0.4) is 0 Å². The molecule has 0 heterocycles. The minimum absolute atomic E-state index is 0.0388. The maximum Gasteiger partial charge on any atom is 0.340 e. The number of nitrogens with one attached hydrogen (secondary N) is 1. The van der Waals surface area contributed by atoms with Gasteiger partial charge in [-0.25, -0.2) is 4.79 Å². The molecule has 0 unspecified atom stereocenters. The number of benzene rings is 2. The van der Waals surface area contributed by atoms with Gasteiger partial charge < -0.3 is 15.8 Å². The average Bonchev–Trinajstić information content (AvgIpc) is 2.53. The number of anilines is 2. The molecule has 3 N–H and O–H groups in total. The van der Waals surface area contributed by atoms with Crippen molar-refractivity contribution in [3.8, 4) is 0 Å². The molecule has 0 saturated carbocycles. The number of nitro groups is 1. The highest BCUT2D eigenvalue weighted by Gasteiger charge is 2.16. The van der Waals surface area contributed by atoms with E-state index < -0.39 is 23.4 Å². The van der Waals surface area contributed by atoms with E-state index in [1.165, 1.54) is 6.07 Å². The van der Waals surface area contributed by atoms with Crippen molar-refractivity contribution in [3.05, 3.63) is 64.2 Å². The zero-order valence-electron chi connectivity index (χ0n) is 11.9. The normalized spacial score (nSPS) is 9.91. The molecular formula is C15H13N3O5. The molecule has 8 heteroatoms. The second-order valence-electron chi connectivity index (χ2n) is 4.52. The van der Waals surface area contributed by atoms with Crippen LogP contribution in [0.15, 0.2) is 48.5 Å². The number of ether oxygens (including phenoxy) is 1. The van der Waals surface area contributed by atoms with Crippen LogP contribution in [0.5, 0.6) is 0 Å². The highest BCUT2D eigenvalue weighted by atomic mass is 16.6. The van der Waals surface area contributed by atoms with Gasteiger partial charge in [-0.15, -0.1) is 0 Å². The Hall–Kier alpha value is -3.42. The maximum absolute atomic E-state index is 11.9. The van der Waals surface area contributed by atoms with Gasteiger partial charge in [0.1, 0.15) is 0 Å². The number of amides is 1. The van der Waals surface area contributed by atoms with Crippen LogP contribution >= 0.6 is 0 Å². The Bertz CT molecular complexity index is 746. The van der Waals surface area contributed by atoms with Gasteiger partial charge in [-0.05, 0) is 18.2 Å². The first kappa shape index (κ1) is 16.0. The van der Waals surface area contributed by atoms with Crippen LogP contribution in [-0.4, -0.2) is 23.4 Å². The van der Waals surface area contributed by atoms with Gasteiger partial charge >= 0.3 is 5.97 Å². The summed E-state index contributed by atoms with van der Waals surface area (Å²) < 4.78 is 4.84. The first-order valence-corrected chi connectivity index (χ1v) is 6.53. The summed E-state index contributed by atoms with van der Waals surface area (Å²) in [7, 11) is 0. The first-order chi connectivity index (χ1) is 11.0. The topological polar surface area (TPSA) is 125 Å². The highest BCUT2D eigenvalue weighted by Crippen LogP contribution is 2.20. The number of nitrogen functional groups attached to an aromatic ring is 1. The Balaban J connectivity index is 1.94. The zero-order chi connectivity index (χ0) is 16.8. The third-order valence-corrected chi connectivity index (χ3v) is 2.86. The van der Waals surface area contributed by atoms with Crippen molar-refractivity contribution < 1.29 is 19.2 Å². The van der Waals surface area contributed by atoms with Crippen LogP contribution in [0.4, 0.5) is 17.1 Å². The van der Waals surface area contributed by atoms with Crippen molar-refractivity contribution >= 4 is 28.9 Å². The molecule has 2 rings (SSSR count). The summed E-state index contributed by atoms with van der Waals surface area (Å²) in [5.41, 5.74) is 5.79. The smallest absolute Gasteiger partial charge is 0.340 e. The molecule has 1 amide bonds. The predicted octanol–water partition coefficient (Wildman–Crippen LogP) is 1.97.